The zero-order valence-electron chi connectivity index (χ0n) is 14.2. The number of rotatable bonds is 6. The van der Waals surface area contributed by atoms with Gasteiger partial charge >= 0.3 is 0 Å². The number of halogens is 1. The van der Waals surface area contributed by atoms with Gasteiger partial charge in [-0.2, -0.15) is 0 Å². The monoisotopic (exact) mass is 362 g/mol. The fourth-order valence-electron chi connectivity index (χ4n) is 2.46. The van der Waals surface area contributed by atoms with Crippen molar-refractivity contribution in [1.82, 2.24) is 5.32 Å². The summed E-state index contributed by atoms with van der Waals surface area (Å²) in [4.78, 5) is 22.8. The van der Waals surface area contributed by atoms with Crippen LogP contribution in [0.5, 0.6) is 0 Å². The molecule has 25 heavy (non-hydrogen) atoms. The first kappa shape index (κ1) is 18.9. The summed E-state index contributed by atoms with van der Waals surface area (Å²) in [6, 6.07) is 11.5. The molecule has 132 valence electrons. The molecule has 0 saturated carbocycles. The van der Waals surface area contributed by atoms with Crippen LogP contribution in [-0.2, 0) is 10.3 Å². The van der Waals surface area contributed by atoms with Crippen LogP contribution in [0.3, 0.4) is 0 Å². The normalized spacial score (nSPS) is 13.1. The number of carbonyl (C=O) groups is 1. The lowest BCUT2D eigenvalue weighted by atomic mass is 9.95. The fraction of sp³-hybridized carbons (Fsp3) is 0.278. The zero-order valence-corrected chi connectivity index (χ0v) is 15.0. The van der Waals surface area contributed by atoms with Gasteiger partial charge in [-0.3, -0.25) is 14.9 Å². The molecule has 2 rings (SSSR count). The van der Waals surface area contributed by atoms with Gasteiger partial charge in [0.15, 0.2) is 0 Å². The van der Waals surface area contributed by atoms with E-state index in [-0.39, 0.29) is 18.1 Å². The molecule has 0 bridgehead atoms. The maximum Gasteiger partial charge on any atom is 0.272 e. The number of benzene rings is 2. The maximum atomic E-state index is 12.4. The molecule has 0 aromatic heterocycles. The number of nitro benzene ring substituents is 1. The van der Waals surface area contributed by atoms with Crippen molar-refractivity contribution in [3.05, 3.63) is 74.3 Å². The van der Waals surface area contributed by atoms with E-state index in [0.29, 0.717) is 16.1 Å². The van der Waals surface area contributed by atoms with Gasteiger partial charge in [-0.05, 0) is 43.7 Å². The lowest BCUT2D eigenvalue weighted by Gasteiger charge is -2.29. The molecule has 0 spiro atoms. The lowest BCUT2D eigenvalue weighted by molar-refractivity contribution is -0.385. The predicted octanol–water partition coefficient (Wildman–Crippen LogP) is 3.85. The van der Waals surface area contributed by atoms with Crippen molar-refractivity contribution in [2.24, 2.45) is 0 Å². The van der Waals surface area contributed by atoms with Crippen molar-refractivity contribution in [3.8, 4) is 0 Å². The van der Waals surface area contributed by atoms with Gasteiger partial charge in [-0.15, -0.1) is 0 Å². The summed E-state index contributed by atoms with van der Waals surface area (Å²) in [6.07, 6.45) is 0. The minimum absolute atomic E-state index is 0.0165. The number of nitrogens with zero attached hydrogens (tertiary/aromatic N) is 1. The summed E-state index contributed by atoms with van der Waals surface area (Å²) < 4.78 is 5.58. The summed E-state index contributed by atoms with van der Waals surface area (Å²) in [7, 11) is 1.56. The van der Waals surface area contributed by atoms with Gasteiger partial charge in [0.05, 0.1) is 11.5 Å². The van der Waals surface area contributed by atoms with Crippen LogP contribution in [0.1, 0.15) is 28.4 Å². The van der Waals surface area contributed by atoms with E-state index in [1.165, 1.54) is 18.2 Å². The third-order valence-electron chi connectivity index (χ3n) is 4.13. The van der Waals surface area contributed by atoms with Gasteiger partial charge in [-0.25, -0.2) is 0 Å². The average molecular weight is 363 g/mol. The van der Waals surface area contributed by atoms with Crippen LogP contribution in [-0.4, -0.2) is 24.5 Å². The number of carbonyl (C=O) groups excluding carboxylic acids is 1. The number of hydrogen-bond donors (Lipinski definition) is 1. The van der Waals surface area contributed by atoms with Crippen LogP contribution < -0.4 is 5.32 Å². The quantitative estimate of drug-likeness (QED) is 0.625. The molecule has 0 radical (unpaired) electrons. The Labute approximate surface area is 150 Å². The van der Waals surface area contributed by atoms with Crippen LogP contribution in [0.25, 0.3) is 0 Å². The highest BCUT2D eigenvalue weighted by molar-refractivity contribution is 6.30. The topological polar surface area (TPSA) is 81.5 Å². The Kier molecular flexibility index (Phi) is 5.77. The number of amides is 1. The van der Waals surface area contributed by atoms with Crippen molar-refractivity contribution in [3.63, 3.8) is 0 Å². The van der Waals surface area contributed by atoms with E-state index in [4.69, 9.17) is 16.3 Å². The van der Waals surface area contributed by atoms with E-state index < -0.39 is 10.5 Å². The molecule has 7 heteroatoms. The van der Waals surface area contributed by atoms with E-state index in [2.05, 4.69) is 5.32 Å². The number of nitro groups is 1. The minimum atomic E-state index is -0.754. The molecule has 1 N–H and O–H groups in total. The number of aryl methyl sites for hydroxylation is 1. The van der Waals surface area contributed by atoms with Gasteiger partial charge in [0.1, 0.15) is 5.60 Å². The first-order chi connectivity index (χ1) is 11.8. The van der Waals surface area contributed by atoms with Gasteiger partial charge in [0, 0.05) is 29.3 Å². The number of hydrogen-bond acceptors (Lipinski definition) is 4. The Morgan fingerprint density at radius 1 is 1.32 bits per heavy atom. The van der Waals surface area contributed by atoms with Gasteiger partial charge in [0.2, 0.25) is 0 Å². The molecule has 0 heterocycles. The highest BCUT2D eigenvalue weighted by Gasteiger charge is 2.27. The predicted molar refractivity (Wildman–Crippen MR) is 96.0 cm³/mol. The molecule has 2 aromatic rings. The van der Waals surface area contributed by atoms with Crippen molar-refractivity contribution in [2.75, 3.05) is 13.7 Å². The molecule has 6 nitrogen and oxygen atoms in total. The van der Waals surface area contributed by atoms with E-state index in [1.807, 2.05) is 19.1 Å². The molecule has 0 aliphatic heterocycles. The summed E-state index contributed by atoms with van der Waals surface area (Å²) in [5.74, 6) is -0.330. The number of methoxy groups -OCH3 is 1. The van der Waals surface area contributed by atoms with E-state index in [0.717, 1.165) is 5.56 Å². The van der Waals surface area contributed by atoms with Crippen molar-refractivity contribution in [1.29, 1.82) is 0 Å². The highest BCUT2D eigenvalue weighted by atomic mass is 35.5. The number of nitrogens with one attached hydrogen (secondary N) is 1. The van der Waals surface area contributed by atoms with Crippen LogP contribution in [0.15, 0.2) is 42.5 Å². The van der Waals surface area contributed by atoms with Crippen molar-refractivity contribution >= 4 is 23.2 Å². The molecule has 0 aliphatic carbocycles. The molecule has 1 amide bonds. The van der Waals surface area contributed by atoms with E-state index in [9.17, 15) is 14.9 Å². The molecule has 0 saturated heterocycles. The smallest absolute Gasteiger partial charge is 0.272 e. The van der Waals surface area contributed by atoms with Gasteiger partial charge in [0.25, 0.3) is 11.6 Å². The first-order valence-corrected chi connectivity index (χ1v) is 7.99. The molecule has 0 aliphatic rings. The average Bonchev–Trinajstić information content (AvgIpc) is 2.58. The molecular weight excluding hydrogens is 344 g/mol. The van der Waals surface area contributed by atoms with Gasteiger partial charge < -0.3 is 10.1 Å². The Balaban J connectivity index is 2.15. The highest BCUT2D eigenvalue weighted by Crippen LogP contribution is 2.26. The van der Waals surface area contributed by atoms with E-state index >= 15 is 0 Å². The molecule has 1 unspecified atom stereocenters. The van der Waals surface area contributed by atoms with E-state index in [1.54, 1.807) is 26.2 Å². The van der Waals surface area contributed by atoms with Crippen molar-refractivity contribution < 1.29 is 14.5 Å². The summed E-state index contributed by atoms with van der Waals surface area (Å²) in [5, 5.41) is 14.3. The molecule has 2 aromatic carbocycles. The standard InChI is InChI=1S/C18H19ClN2O4/c1-12-9-13(7-8-16(12)21(23)24)17(22)20-11-18(2,25-3)14-5-4-6-15(19)10-14/h4-10H,11H2,1-3H3,(H,20,22). The largest absolute Gasteiger partial charge is 0.372 e. The number of ether oxygens (including phenoxy) is 1. The van der Waals surface area contributed by atoms with Gasteiger partial charge in [-0.1, -0.05) is 23.7 Å². The second kappa shape index (κ2) is 7.63. The third-order valence-corrected chi connectivity index (χ3v) is 4.36. The molecule has 0 fully saturated rings. The zero-order chi connectivity index (χ0) is 18.6. The minimum Gasteiger partial charge on any atom is -0.372 e. The van der Waals surface area contributed by atoms with Crippen LogP contribution in [0.2, 0.25) is 5.02 Å². The van der Waals surface area contributed by atoms with Crippen molar-refractivity contribution in [2.45, 2.75) is 19.4 Å². The SMILES string of the molecule is COC(C)(CNC(=O)c1ccc([N+](=O)[O-])c(C)c1)c1cccc(Cl)c1. The Bertz CT molecular complexity index is 809. The maximum absolute atomic E-state index is 12.4. The summed E-state index contributed by atoms with van der Waals surface area (Å²) >= 11 is 6.03. The Morgan fingerprint density at radius 3 is 2.60 bits per heavy atom. The Morgan fingerprint density at radius 2 is 2.04 bits per heavy atom. The summed E-state index contributed by atoms with van der Waals surface area (Å²) in [6.45, 7) is 3.67. The Hall–Kier alpha value is -2.44. The van der Waals surface area contributed by atoms with Crippen LogP contribution in [0, 0.1) is 17.0 Å². The second-order valence-corrected chi connectivity index (χ2v) is 6.32. The molecular formula is C18H19ClN2O4. The summed E-state index contributed by atoms with van der Waals surface area (Å²) in [5.41, 5.74) is 0.852. The van der Waals surface area contributed by atoms with Crippen LogP contribution >= 0.6 is 11.6 Å². The second-order valence-electron chi connectivity index (χ2n) is 5.89. The molecule has 1 atom stereocenters. The van der Waals surface area contributed by atoms with Crippen LogP contribution in [0.4, 0.5) is 5.69 Å². The fourth-order valence-corrected chi connectivity index (χ4v) is 2.65. The lowest BCUT2D eigenvalue weighted by Crippen LogP contribution is -2.40. The first-order valence-electron chi connectivity index (χ1n) is 7.61. The third kappa shape index (κ3) is 4.35.